The van der Waals surface area contributed by atoms with E-state index >= 15 is 0 Å². The SMILES string of the molecule is Cc1ccc(S(=O)(=O)O)cc1.NC/C(=C\F)COc1ccc2nc(C3CCCC3)oc2c1. The molecular weight excluding hydrogens is 435 g/mol. The minimum Gasteiger partial charge on any atom is -0.489 e. The molecule has 32 heavy (non-hydrogen) atoms. The first-order valence-electron chi connectivity index (χ1n) is 10.4. The van der Waals surface area contributed by atoms with Gasteiger partial charge in [-0.2, -0.15) is 8.42 Å². The van der Waals surface area contributed by atoms with Crippen LogP contribution in [0.4, 0.5) is 4.39 Å². The third kappa shape index (κ3) is 6.38. The molecule has 1 heterocycles. The van der Waals surface area contributed by atoms with E-state index in [2.05, 4.69) is 4.98 Å². The van der Waals surface area contributed by atoms with Gasteiger partial charge in [-0.25, -0.2) is 9.37 Å². The van der Waals surface area contributed by atoms with E-state index in [4.69, 9.17) is 19.4 Å². The van der Waals surface area contributed by atoms with Crippen LogP contribution < -0.4 is 10.5 Å². The maximum Gasteiger partial charge on any atom is 0.294 e. The standard InChI is InChI=1S/C16H19FN2O2.C7H8O3S/c17-8-11(9-18)10-20-13-5-6-14-15(7-13)21-16(19-14)12-3-1-2-4-12;1-6-2-4-7(5-3-6)11(8,9)10/h5-8,12H,1-4,9-10,18H2;2-5H,1H3,(H,8,9,10)/b11-8+;. The van der Waals surface area contributed by atoms with Crippen LogP contribution in [0.3, 0.4) is 0 Å². The van der Waals surface area contributed by atoms with E-state index in [-0.39, 0.29) is 18.0 Å². The van der Waals surface area contributed by atoms with Gasteiger partial charge in [-0.15, -0.1) is 0 Å². The van der Waals surface area contributed by atoms with Crippen molar-refractivity contribution in [1.29, 1.82) is 0 Å². The van der Waals surface area contributed by atoms with Crippen LogP contribution in [-0.4, -0.2) is 31.1 Å². The van der Waals surface area contributed by atoms with Gasteiger partial charge in [-0.3, -0.25) is 4.55 Å². The lowest BCUT2D eigenvalue weighted by atomic mass is 10.1. The van der Waals surface area contributed by atoms with E-state index in [1.54, 1.807) is 18.2 Å². The molecule has 0 radical (unpaired) electrons. The summed E-state index contributed by atoms with van der Waals surface area (Å²) < 4.78 is 53.4. The van der Waals surface area contributed by atoms with Gasteiger partial charge in [0.15, 0.2) is 11.5 Å². The lowest BCUT2D eigenvalue weighted by molar-refractivity contribution is 0.347. The molecule has 0 atom stereocenters. The molecule has 9 heteroatoms. The summed E-state index contributed by atoms with van der Waals surface area (Å²) in [4.78, 5) is 4.48. The van der Waals surface area contributed by atoms with E-state index in [0.29, 0.717) is 29.2 Å². The van der Waals surface area contributed by atoms with Crippen molar-refractivity contribution < 1.29 is 26.5 Å². The lowest BCUT2D eigenvalue weighted by Gasteiger charge is -2.06. The van der Waals surface area contributed by atoms with Crippen molar-refractivity contribution >= 4 is 21.2 Å². The fourth-order valence-corrected chi connectivity index (χ4v) is 3.86. The number of nitrogens with two attached hydrogens (primary N) is 1. The minimum absolute atomic E-state index is 0.0666. The average molecular weight is 463 g/mol. The molecule has 3 aromatic rings. The van der Waals surface area contributed by atoms with Gasteiger partial charge in [0.25, 0.3) is 10.1 Å². The quantitative estimate of drug-likeness (QED) is 0.500. The molecular formula is C23H27FN2O5S. The van der Waals surface area contributed by atoms with Gasteiger partial charge in [0.05, 0.1) is 11.2 Å². The zero-order valence-electron chi connectivity index (χ0n) is 17.8. The Balaban J connectivity index is 0.000000222. The summed E-state index contributed by atoms with van der Waals surface area (Å²) in [5.74, 6) is 1.90. The van der Waals surface area contributed by atoms with Crippen LogP contribution in [0.25, 0.3) is 11.1 Å². The van der Waals surface area contributed by atoms with Crippen molar-refractivity contribution in [3.05, 3.63) is 65.8 Å². The Hall–Kier alpha value is -2.75. The topological polar surface area (TPSA) is 116 Å². The van der Waals surface area contributed by atoms with E-state index in [1.807, 2.05) is 19.1 Å². The molecule has 1 saturated carbocycles. The Bertz CT molecular complexity index is 1170. The number of aromatic nitrogens is 1. The van der Waals surface area contributed by atoms with E-state index in [1.165, 1.54) is 25.0 Å². The van der Waals surface area contributed by atoms with Crippen LogP contribution >= 0.6 is 0 Å². The molecule has 1 aliphatic carbocycles. The molecule has 0 unspecified atom stereocenters. The van der Waals surface area contributed by atoms with Crippen LogP contribution in [0.5, 0.6) is 5.75 Å². The Morgan fingerprint density at radius 2 is 1.94 bits per heavy atom. The number of nitrogens with zero attached hydrogens (tertiary/aromatic N) is 1. The zero-order chi connectivity index (χ0) is 23.1. The Morgan fingerprint density at radius 3 is 2.53 bits per heavy atom. The summed E-state index contributed by atoms with van der Waals surface area (Å²) >= 11 is 0. The molecule has 0 aliphatic heterocycles. The lowest BCUT2D eigenvalue weighted by Crippen LogP contribution is -2.10. The third-order valence-corrected chi connectivity index (χ3v) is 6.11. The molecule has 4 rings (SSSR count). The van der Waals surface area contributed by atoms with Gasteiger partial charge < -0.3 is 14.9 Å². The van der Waals surface area contributed by atoms with Crippen molar-refractivity contribution in [2.45, 2.75) is 43.4 Å². The number of benzene rings is 2. The van der Waals surface area contributed by atoms with Crippen molar-refractivity contribution in [2.24, 2.45) is 5.73 Å². The number of rotatable bonds is 6. The number of fused-ring (bicyclic) bond motifs is 1. The van der Waals surface area contributed by atoms with Crippen molar-refractivity contribution in [1.82, 2.24) is 4.98 Å². The van der Waals surface area contributed by atoms with Crippen LogP contribution in [-0.2, 0) is 10.1 Å². The van der Waals surface area contributed by atoms with E-state index in [9.17, 15) is 12.8 Å². The molecule has 0 amide bonds. The second kappa shape index (κ2) is 10.7. The summed E-state index contributed by atoms with van der Waals surface area (Å²) in [6, 6.07) is 11.5. The average Bonchev–Trinajstić information content (AvgIpc) is 3.44. The number of ether oxygens (including phenoxy) is 1. The van der Waals surface area contributed by atoms with Gasteiger partial charge in [-0.1, -0.05) is 30.5 Å². The largest absolute Gasteiger partial charge is 0.489 e. The molecule has 1 fully saturated rings. The highest BCUT2D eigenvalue weighted by Gasteiger charge is 2.22. The summed E-state index contributed by atoms with van der Waals surface area (Å²) in [6.07, 6.45) is 5.28. The molecule has 2 aromatic carbocycles. The highest BCUT2D eigenvalue weighted by molar-refractivity contribution is 7.85. The van der Waals surface area contributed by atoms with Crippen molar-refractivity contribution in [2.75, 3.05) is 13.2 Å². The van der Waals surface area contributed by atoms with Crippen LogP contribution in [0, 0.1) is 6.92 Å². The minimum atomic E-state index is -4.02. The second-order valence-electron chi connectivity index (χ2n) is 7.71. The number of oxazole rings is 1. The number of aryl methyl sites for hydroxylation is 1. The fraction of sp³-hybridized carbons (Fsp3) is 0.348. The van der Waals surface area contributed by atoms with Crippen LogP contribution in [0.15, 0.2) is 63.7 Å². The van der Waals surface area contributed by atoms with Crippen LogP contribution in [0.1, 0.15) is 43.1 Å². The van der Waals surface area contributed by atoms with Gasteiger partial charge in [0.1, 0.15) is 17.9 Å². The number of hydrogen-bond acceptors (Lipinski definition) is 6. The predicted octanol–water partition coefficient (Wildman–Crippen LogP) is 4.92. The van der Waals surface area contributed by atoms with Gasteiger partial charge in [0, 0.05) is 24.1 Å². The van der Waals surface area contributed by atoms with E-state index in [0.717, 1.165) is 29.8 Å². The predicted molar refractivity (Wildman–Crippen MR) is 120 cm³/mol. The first-order chi connectivity index (χ1) is 15.3. The Morgan fingerprint density at radius 1 is 1.25 bits per heavy atom. The second-order valence-corrected chi connectivity index (χ2v) is 9.13. The third-order valence-electron chi connectivity index (χ3n) is 5.24. The summed E-state index contributed by atoms with van der Waals surface area (Å²) in [5, 5.41) is 0. The van der Waals surface area contributed by atoms with Crippen molar-refractivity contribution in [3.8, 4) is 5.75 Å². The summed E-state index contributed by atoms with van der Waals surface area (Å²) in [6.45, 7) is 2.13. The molecule has 0 spiro atoms. The molecule has 0 saturated heterocycles. The first kappa shape index (κ1) is 23.9. The molecule has 3 N–H and O–H groups in total. The van der Waals surface area contributed by atoms with Gasteiger partial charge >= 0.3 is 0 Å². The molecule has 0 bridgehead atoms. The highest BCUT2D eigenvalue weighted by Crippen LogP contribution is 2.35. The van der Waals surface area contributed by atoms with Gasteiger partial charge in [0.2, 0.25) is 0 Å². The molecule has 1 aromatic heterocycles. The number of halogens is 1. The Kier molecular flexibility index (Phi) is 8.00. The zero-order valence-corrected chi connectivity index (χ0v) is 18.6. The maximum absolute atomic E-state index is 12.4. The van der Waals surface area contributed by atoms with Gasteiger partial charge in [-0.05, 0) is 44.0 Å². The fourth-order valence-electron chi connectivity index (χ4n) is 3.38. The monoisotopic (exact) mass is 462 g/mol. The highest BCUT2D eigenvalue weighted by atomic mass is 32.2. The summed E-state index contributed by atoms with van der Waals surface area (Å²) in [7, 11) is -4.02. The smallest absolute Gasteiger partial charge is 0.294 e. The first-order valence-corrected chi connectivity index (χ1v) is 11.8. The summed E-state index contributed by atoms with van der Waals surface area (Å²) in [5.41, 5.74) is 8.32. The van der Waals surface area contributed by atoms with E-state index < -0.39 is 10.1 Å². The maximum atomic E-state index is 12.4. The Labute approximate surface area is 186 Å². The van der Waals surface area contributed by atoms with Crippen LogP contribution in [0.2, 0.25) is 0 Å². The molecule has 7 nitrogen and oxygen atoms in total. The molecule has 172 valence electrons. The normalized spacial score (nSPS) is 14.9. The number of hydrogen-bond donors (Lipinski definition) is 2. The molecule has 1 aliphatic rings. The van der Waals surface area contributed by atoms with Crippen molar-refractivity contribution in [3.63, 3.8) is 0 Å².